The topological polar surface area (TPSA) is 94.1 Å². The van der Waals surface area contributed by atoms with Crippen LogP contribution >= 0.6 is 7.82 Å². The summed E-state index contributed by atoms with van der Waals surface area (Å²) in [7, 11) is 1.30. The van der Waals surface area contributed by atoms with E-state index in [1.54, 1.807) is 6.08 Å². The van der Waals surface area contributed by atoms with Crippen molar-refractivity contribution in [3.63, 3.8) is 0 Å². The summed E-state index contributed by atoms with van der Waals surface area (Å²) in [6.07, 6.45) is 58.3. The van der Waals surface area contributed by atoms with Crippen LogP contribution in [-0.2, 0) is 27.9 Å². The Balaban J connectivity index is 4.20. The standard InChI is InChI=1S/C52H94NO7P/c1-6-8-10-12-14-16-18-20-22-23-24-25-26-27-28-29-30-32-34-36-38-40-42-44-47-57-49-51(50-59-61(55,56)58-48-46-53(3,4)5)60-52(54)45-43-41-39-37-35-33-31-21-19-17-15-13-11-9-7-2/h9,11,15,17,21,23-24,31,35,37,41,43,51H,6-8,10,12-14,16,18-20,22,25-30,32-34,36,38-40,42,44-50H2,1-5H3/b11-9-,17-15-,24-23-,31-21-,37-35-,43-41-. The van der Waals surface area contributed by atoms with Crippen molar-refractivity contribution in [2.75, 3.05) is 54.1 Å². The van der Waals surface area contributed by atoms with Gasteiger partial charge in [-0.25, -0.2) is 0 Å². The number of phosphoric ester groups is 1. The Morgan fingerprint density at radius 3 is 1.41 bits per heavy atom. The van der Waals surface area contributed by atoms with E-state index in [1.807, 2.05) is 27.2 Å². The molecule has 0 aliphatic rings. The van der Waals surface area contributed by atoms with Gasteiger partial charge < -0.3 is 27.9 Å². The minimum atomic E-state index is -4.56. The van der Waals surface area contributed by atoms with Crippen LogP contribution in [0.3, 0.4) is 0 Å². The second kappa shape index (κ2) is 44.5. The number of unbranched alkanes of at least 4 members (excludes halogenated alkanes) is 20. The molecule has 0 aromatic heterocycles. The number of likely N-dealkylation sites (N-methyl/N-ethyl adjacent to an activating group) is 1. The molecule has 2 atom stereocenters. The molecule has 0 rings (SSSR count). The Labute approximate surface area is 376 Å². The normalized spacial score (nSPS) is 14.3. The van der Waals surface area contributed by atoms with Crippen molar-refractivity contribution < 1.29 is 37.3 Å². The Bertz CT molecular complexity index is 1200. The number of allylic oxidation sites excluding steroid dienone is 11. The average molecular weight is 876 g/mol. The highest BCUT2D eigenvalue weighted by atomic mass is 31.2. The Morgan fingerprint density at radius 1 is 0.525 bits per heavy atom. The second-order valence-electron chi connectivity index (χ2n) is 17.5. The molecular formula is C52H94NO7P. The lowest BCUT2D eigenvalue weighted by molar-refractivity contribution is -0.870. The van der Waals surface area contributed by atoms with E-state index in [1.165, 1.54) is 128 Å². The molecule has 61 heavy (non-hydrogen) atoms. The van der Waals surface area contributed by atoms with Crippen molar-refractivity contribution in [2.45, 2.75) is 200 Å². The SMILES string of the molecule is CC/C=C\C/C=C\C/C=C\C/C=C\C/C=C\CC(=O)OC(COCCCCCCCCCCCCCC/C=C\CCCCCCCCCC)COP(=O)([O-])OCC[N+](C)(C)C. The third-order valence-corrected chi connectivity index (χ3v) is 11.2. The predicted octanol–water partition coefficient (Wildman–Crippen LogP) is 14.4. The van der Waals surface area contributed by atoms with Gasteiger partial charge in [0.1, 0.15) is 19.3 Å². The summed E-state index contributed by atoms with van der Waals surface area (Å²) in [6.45, 7) is 5.16. The van der Waals surface area contributed by atoms with E-state index in [0.29, 0.717) is 24.1 Å². The summed E-state index contributed by atoms with van der Waals surface area (Å²) >= 11 is 0. The summed E-state index contributed by atoms with van der Waals surface area (Å²) in [5, 5.41) is 0. The maximum atomic E-state index is 12.6. The van der Waals surface area contributed by atoms with Gasteiger partial charge in [0.2, 0.25) is 0 Å². The molecule has 0 spiro atoms. The molecular weight excluding hydrogens is 782 g/mol. The van der Waals surface area contributed by atoms with Crippen LogP contribution < -0.4 is 4.89 Å². The Morgan fingerprint density at radius 2 is 0.951 bits per heavy atom. The van der Waals surface area contributed by atoms with Crippen molar-refractivity contribution in [1.82, 2.24) is 0 Å². The third-order valence-electron chi connectivity index (χ3n) is 10.3. The number of quaternary nitrogens is 1. The minimum absolute atomic E-state index is 0.00698. The van der Waals surface area contributed by atoms with Crippen LogP contribution in [0.1, 0.15) is 194 Å². The Kier molecular flexibility index (Phi) is 43.0. The van der Waals surface area contributed by atoms with E-state index < -0.39 is 19.9 Å². The van der Waals surface area contributed by atoms with Gasteiger partial charge in [-0.05, 0) is 64.2 Å². The summed E-state index contributed by atoms with van der Waals surface area (Å²) in [4.78, 5) is 25.0. The number of hydrogen-bond donors (Lipinski definition) is 0. The van der Waals surface area contributed by atoms with Crippen LogP contribution in [0.4, 0.5) is 0 Å². The highest BCUT2D eigenvalue weighted by molar-refractivity contribution is 7.45. The number of ether oxygens (including phenoxy) is 2. The highest BCUT2D eigenvalue weighted by Crippen LogP contribution is 2.38. The van der Waals surface area contributed by atoms with Gasteiger partial charge in [0, 0.05) is 6.61 Å². The van der Waals surface area contributed by atoms with Crippen LogP contribution in [0.2, 0.25) is 0 Å². The van der Waals surface area contributed by atoms with E-state index in [4.69, 9.17) is 18.5 Å². The van der Waals surface area contributed by atoms with Crippen LogP contribution in [0.25, 0.3) is 0 Å². The van der Waals surface area contributed by atoms with Gasteiger partial charge in [0.05, 0.1) is 40.8 Å². The Hall–Kier alpha value is -2.06. The van der Waals surface area contributed by atoms with E-state index in [9.17, 15) is 14.3 Å². The molecule has 0 aliphatic carbocycles. The molecule has 0 saturated heterocycles. The molecule has 2 unspecified atom stereocenters. The molecule has 8 nitrogen and oxygen atoms in total. The molecule has 0 aromatic rings. The fourth-order valence-corrected chi connectivity index (χ4v) is 7.23. The highest BCUT2D eigenvalue weighted by Gasteiger charge is 2.20. The van der Waals surface area contributed by atoms with Gasteiger partial charge in [-0.3, -0.25) is 9.36 Å². The van der Waals surface area contributed by atoms with Crippen molar-refractivity contribution in [2.24, 2.45) is 0 Å². The lowest BCUT2D eigenvalue weighted by atomic mass is 10.0. The molecule has 0 aliphatic heterocycles. The minimum Gasteiger partial charge on any atom is -0.756 e. The van der Waals surface area contributed by atoms with Gasteiger partial charge in [-0.1, -0.05) is 196 Å². The van der Waals surface area contributed by atoms with Crippen LogP contribution in [0, 0.1) is 0 Å². The molecule has 0 heterocycles. The quantitative estimate of drug-likeness (QED) is 0.0198. The summed E-state index contributed by atoms with van der Waals surface area (Å²) in [5.74, 6) is -0.461. The number of carbonyl (C=O) groups is 1. The first-order valence-corrected chi connectivity index (χ1v) is 26.1. The zero-order valence-electron chi connectivity index (χ0n) is 40.1. The molecule has 0 fully saturated rings. The third kappa shape index (κ3) is 48.8. The first kappa shape index (κ1) is 58.9. The predicted molar refractivity (Wildman–Crippen MR) is 259 cm³/mol. The summed E-state index contributed by atoms with van der Waals surface area (Å²) in [6, 6.07) is 0. The second-order valence-corrected chi connectivity index (χ2v) is 18.9. The monoisotopic (exact) mass is 876 g/mol. The van der Waals surface area contributed by atoms with Crippen LogP contribution in [-0.4, -0.2) is 70.7 Å². The maximum Gasteiger partial charge on any atom is 0.310 e. The zero-order chi connectivity index (χ0) is 44.8. The first-order valence-electron chi connectivity index (χ1n) is 24.7. The molecule has 0 N–H and O–H groups in total. The first-order chi connectivity index (χ1) is 29.6. The van der Waals surface area contributed by atoms with Crippen LogP contribution in [0.5, 0.6) is 0 Å². The number of rotatable bonds is 45. The largest absolute Gasteiger partial charge is 0.756 e. The van der Waals surface area contributed by atoms with Crippen LogP contribution in [0.15, 0.2) is 72.9 Å². The van der Waals surface area contributed by atoms with Crippen molar-refractivity contribution in [3.8, 4) is 0 Å². The number of hydrogen-bond acceptors (Lipinski definition) is 7. The van der Waals surface area contributed by atoms with Gasteiger partial charge in [0.15, 0.2) is 0 Å². The average Bonchev–Trinajstić information content (AvgIpc) is 3.22. The van der Waals surface area contributed by atoms with E-state index >= 15 is 0 Å². The van der Waals surface area contributed by atoms with E-state index in [0.717, 1.165) is 38.5 Å². The number of nitrogens with zero attached hydrogens (tertiary/aromatic N) is 1. The van der Waals surface area contributed by atoms with Gasteiger partial charge in [-0.2, -0.15) is 0 Å². The lowest BCUT2D eigenvalue weighted by Crippen LogP contribution is -2.37. The van der Waals surface area contributed by atoms with E-state index in [-0.39, 0.29) is 26.2 Å². The molecule has 0 aromatic carbocycles. The maximum absolute atomic E-state index is 12.6. The number of esters is 1. The smallest absolute Gasteiger partial charge is 0.310 e. The summed E-state index contributed by atoms with van der Waals surface area (Å²) in [5.41, 5.74) is 0. The van der Waals surface area contributed by atoms with Gasteiger partial charge in [-0.15, -0.1) is 0 Å². The fraction of sp³-hybridized carbons (Fsp3) is 0.750. The number of phosphoric acid groups is 1. The molecule has 0 bridgehead atoms. The number of carbonyl (C=O) groups excluding carboxylic acids is 1. The van der Waals surface area contributed by atoms with Gasteiger partial charge in [0.25, 0.3) is 7.82 Å². The fourth-order valence-electron chi connectivity index (χ4n) is 6.50. The molecule has 9 heteroatoms. The van der Waals surface area contributed by atoms with Crippen molar-refractivity contribution in [3.05, 3.63) is 72.9 Å². The zero-order valence-corrected chi connectivity index (χ0v) is 41.0. The van der Waals surface area contributed by atoms with E-state index in [2.05, 4.69) is 74.6 Å². The van der Waals surface area contributed by atoms with Gasteiger partial charge >= 0.3 is 5.97 Å². The molecule has 0 radical (unpaired) electrons. The van der Waals surface area contributed by atoms with Crippen molar-refractivity contribution in [1.29, 1.82) is 0 Å². The lowest BCUT2D eigenvalue weighted by Gasteiger charge is -2.28. The summed E-state index contributed by atoms with van der Waals surface area (Å²) < 4.78 is 34.5. The van der Waals surface area contributed by atoms with Crippen molar-refractivity contribution >= 4 is 13.8 Å². The molecule has 354 valence electrons. The molecule has 0 amide bonds. The molecule has 0 saturated carbocycles.